The van der Waals surface area contributed by atoms with E-state index in [1.165, 1.54) is 26.7 Å². The van der Waals surface area contributed by atoms with Crippen molar-refractivity contribution < 1.29 is 93.8 Å². The van der Waals surface area contributed by atoms with Gasteiger partial charge in [-0.15, -0.1) is 0 Å². The van der Waals surface area contributed by atoms with Crippen LogP contribution >= 0.6 is 30.4 Å². The number of ether oxygens (including phenoxy) is 4. The summed E-state index contributed by atoms with van der Waals surface area (Å²) in [5, 5.41) is 41.2. The highest BCUT2D eigenvalue weighted by molar-refractivity contribution is 7.53. The molecule has 20 nitrogen and oxygen atoms in total. The van der Waals surface area contributed by atoms with Crippen LogP contribution in [0.15, 0.2) is 0 Å². The SMILES string of the molecule is [B]C1OCC(C(C)C)C(O)C1OP(C)(=O)OC(C)C.[B]C1OCC(C(C)C)C(O)C1OP(C)(=O)OC(C)C.[B]C1OCC(C(C)C)C(O)C1OP(C)(=O)OC(C)C.[B]C1OCC(C(C)C)C(O)C1OP(C)(=O)OC(C)C. The van der Waals surface area contributed by atoms with Crippen LogP contribution in [0, 0.1) is 47.3 Å². The molecular weight excluding hydrogens is 1060 g/mol. The number of aliphatic hydroxyl groups is 4. The average molecular weight is 1160 g/mol. The molecule has 4 heterocycles. The molecule has 440 valence electrons. The first-order chi connectivity index (χ1) is 34.6. The largest absolute Gasteiger partial charge is 0.390 e. The van der Waals surface area contributed by atoms with Crippen molar-refractivity contribution in [2.45, 2.75) is 208 Å². The number of hydrogen-bond donors (Lipinski definition) is 4. The van der Waals surface area contributed by atoms with Gasteiger partial charge >= 0.3 is 30.4 Å². The quantitative estimate of drug-likeness (QED) is 0.0699. The van der Waals surface area contributed by atoms with Gasteiger partial charge in [-0.3, -0.25) is 18.3 Å². The summed E-state index contributed by atoms with van der Waals surface area (Å²) in [6, 6.07) is -3.19. The van der Waals surface area contributed by atoms with Gasteiger partial charge in [0.15, 0.2) is 0 Å². The molecule has 0 saturated carbocycles. The maximum Gasteiger partial charge on any atom is 0.328 e. The standard InChI is InChI=1S/4C12H24BO5P/c4*1-7(2)9-6-16-12(13)11(10(9)14)18-19(5,15)17-8(3)4/h4*7-12,14H,6H2,1-5H3. The summed E-state index contributed by atoms with van der Waals surface area (Å²) in [4.78, 5) is 0. The molecule has 0 aliphatic carbocycles. The fraction of sp³-hybridized carbons (Fsp3) is 1.00. The Labute approximate surface area is 462 Å². The molecule has 20 atom stereocenters. The maximum atomic E-state index is 12.2. The molecule has 4 fully saturated rings. The molecule has 4 N–H and O–H groups in total. The lowest BCUT2D eigenvalue weighted by Gasteiger charge is -2.41. The third-order valence-electron chi connectivity index (χ3n) is 12.6. The van der Waals surface area contributed by atoms with Gasteiger partial charge in [0, 0.05) is 74.3 Å². The van der Waals surface area contributed by atoms with E-state index in [0.29, 0.717) is 26.4 Å². The lowest BCUT2D eigenvalue weighted by Crippen LogP contribution is -2.52. The van der Waals surface area contributed by atoms with Gasteiger partial charge in [-0.25, -0.2) is 0 Å². The number of hydrogen-bond acceptors (Lipinski definition) is 20. The Bertz CT molecular complexity index is 1600. The van der Waals surface area contributed by atoms with Gasteiger partial charge < -0.3 is 75.6 Å². The molecule has 28 heteroatoms. The molecule has 0 bridgehead atoms. The van der Waals surface area contributed by atoms with E-state index in [1.807, 2.05) is 55.4 Å². The minimum absolute atomic E-state index is 0.0937. The molecule has 0 spiro atoms. The molecule has 8 radical (unpaired) electrons. The Morgan fingerprint density at radius 1 is 0.342 bits per heavy atom. The first-order valence-electron chi connectivity index (χ1n) is 26.5. The lowest BCUT2D eigenvalue weighted by molar-refractivity contribution is -0.140. The van der Waals surface area contributed by atoms with Crippen molar-refractivity contribution in [1.82, 2.24) is 0 Å². The van der Waals surface area contributed by atoms with Crippen molar-refractivity contribution in [1.29, 1.82) is 0 Å². The van der Waals surface area contributed by atoms with E-state index in [1.54, 1.807) is 55.4 Å². The summed E-state index contributed by atoms with van der Waals surface area (Å²) < 4.78 is 113. The van der Waals surface area contributed by atoms with E-state index in [2.05, 4.69) is 0 Å². The van der Waals surface area contributed by atoms with Gasteiger partial charge in [0.25, 0.3) is 0 Å². The topological polar surface area (TPSA) is 260 Å². The summed E-state index contributed by atoms with van der Waals surface area (Å²) >= 11 is 0. The van der Waals surface area contributed by atoms with Crippen molar-refractivity contribution in [2.75, 3.05) is 53.1 Å². The highest BCUT2D eigenvalue weighted by Crippen LogP contribution is 2.52. The van der Waals surface area contributed by atoms with Gasteiger partial charge in [0.2, 0.25) is 0 Å². The second kappa shape index (κ2) is 33.1. The fourth-order valence-electron chi connectivity index (χ4n) is 8.77. The molecule has 0 aromatic carbocycles. The van der Waals surface area contributed by atoms with Crippen LogP contribution in [-0.4, -0.2) is 202 Å². The van der Waals surface area contributed by atoms with E-state index in [0.717, 1.165) is 0 Å². The van der Waals surface area contributed by atoms with Crippen LogP contribution in [0.1, 0.15) is 111 Å². The van der Waals surface area contributed by atoms with Crippen molar-refractivity contribution in [2.24, 2.45) is 47.3 Å². The third-order valence-corrected chi connectivity index (χ3v) is 18.3. The van der Waals surface area contributed by atoms with Gasteiger partial charge in [0.05, 0.1) is 75.3 Å². The first kappa shape index (κ1) is 74.6. The zero-order valence-electron chi connectivity index (χ0n) is 49.1. The number of aliphatic hydroxyl groups excluding tert-OH is 4. The third kappa shape index (κ3) is 26.0. The summed E-state index contributed by atoms with van der Waals surface area (Å²) in [6.07, 6.45) is -7.51. The van der Waals surface area contributed by atoms with Crippen LogP contribution in [0.4, 0.5) is 0 Å². The predicted molar refractivity (Wildman–Crippen MR) is 298 cm³/mol. The summed E-state index contributed by atoms with van der Waals surface area (Å²) in [7, 11) is 10.1. The zero-order chi connectivity index (χ0) is 59.2. The number of rotatable bonds is 20. The van der Waals surface area contributed by atoms with E-state index in [4.69, 9.17) is 86.5 Å². The van der Waals surface area contributed by atoms with Crippen molar-refractivity contribution in [3.63, 3.8) is 0 Å². The Hall–Kier alpha value is 0.540. The monoisotopic (exact) mass is 1160 g/mol. The van der Waals surface area contributed by atoms with E-state index in [-0.39, 0.29) is 71.8 Å². The van der Waals surface area contributed by atoms with Crippen LogP contribution in [0.25, 0.3) is 0 Å². The van der Waals surface area contributed by atoms with Crippen molar-refractivity contribution in [3.05, 3.63) is 0 Å². The van der Waals surface area contributed by atoms with Crippen LogP contribution < -0.4 is 0 Å². The Balaban J connectivity index is 0.000000507. The zero-order valence-corrected chi connectivity index (χ0v) is 52.7. The maximum absolute atomic E-state index is 12.2. The minimum atomic E-state index is -3.27. The Kier molecular flexibility index (Phi) is 32.5. The van der Waals surface area contributed by atoms with E-state index >= 15 is 0 Å². The summed E-state index contributed by atoms with van der Waals surface area (Å²) in [5.74, 6) is 0.499. The van der Waals surface area contributed by atoms with Gasteiger partial charge in [-0.2, -0.15) is 0 Å². The lowest BCUT2D eigenvalue weighted by atomic mass is 9.79. The van der Waals surface area contributed by atoms with Crippen LogP contribution in [0.3, 0.4) is 0 Å². The smallest absolute Gasteiger partial charge is 0.328 e. The molecule has 4 rings (SSSR count). The van der Waals surface area contributed by atoms with Crippen LogP contribution in [0.2, 0.25) is 0 Å². The normalized spacial score (nSPS) is 35.6. The fourth-order valence-corrected chi connectivity index (χ4v) is 14.8. The van der Waals surface area contributed by atoms with Gasteiger partial charge in [-0.05, 0) is 79.1 Å². The molecule has 76 heavy (non-hydrogen) atoms. The summed E-state index contributed by atoms with van der Waals surface area (Å²) in [5.41, 5.74) is 0. The highest BCUT2D eigenvalue weighted by atomic mass is 31.2. The molecule has 4 saturated heterocycles. The molecular formula is C48H96B4O20P4. The highest BCUT2D eigenvalue weighted by Gasteiger charge is 2.46. The molecule has 0 aromatic rings. The van der Waals surface area contributed by atoms with Gasteiger partial charge in [0.1, 0.15) is 55.8 Å². The van der Waals surface area contributed by atoms with E-state index in [9.17, 15) is 38.7 Å². The second-order valence-electron chi connectivity index (χ2n) is 22.8. The molecule has 0 aromatic heterocycles. The Morgan fingerprint density at radius 2 is 0.487 bits per heavy atom. The molecule has 20 unspecified atom stereocenters. The average Bonchev–Trinajstić information content (AvgIpc) is 3.22. The minimum Gasteiger partial charge on any atom is -0.390 e. The molecule has 0 amide bonds. The van der Waals surface area contributed by atoms with Crippen molar-refractivity contribution in [3.8, 4) is 0 Å². The summed E-state index contributed by atoms with van der Waals surface area (Å²) in [6.45, 7) is 37.1. The van der Waals surface area contributed by atoms with Gasteiger partial charge in [-0.1, -0.05) is 55.4 Å². The molecule has 4 aliphatic heterocycles. The molecule has 4 aliphatic rings. The van der Waals surface area contributed by atoms with Crippen LogP contribution in [-0.2, 0) is 73.4 Å². The van der Waals surface area contributed by atoms with Crippen LogP contribution in [0.5, 0.6) is 0 Å². The van der Waals surface area contributed by atoms with Crippen molar-refractivity contribution >= 4 is 61.8 Å². The van der Waals surface area contributed by atoms with E-state index < -0.39 is 103 Å². The second-order valence-corrected chi connectivity index (χ2v) is 30.6. The Morgan fingerprint density at radius 3 is 0.605 bits per heavy atom. The first-order valence-corrected chi connectivity index (χ1v) is 34.5. The predicted octanol–water partition coefficient (Wildman–Crippen LogP) is 7.11.